The Morgan fingerprint density at radius 1 is 0.889 bits per heavy atom. The van der Waals surface area contributed by atoms with Crippen LogP contribution in [0.25, 0.3) is 0 Å². The SMILES string of the molecule is CC(=O)O[C@H]1[C@H](O[SiH3])[C@@H](O)[C@@H](O[C@H]2O[C@H](CO)[C@@H](O)[C@H](O)[C@H]2O)O[C@@H]1CO. The van der Waals surface area contributed by atoms with Crippen molar-refractivity contribution in [2.75, 3.05) is 13.2 Å². The van der Waals surface area contributed by atoms with Gasteiger partial charge in [-0.2, -0.15) is 0 Å². The summed E-state index contributed by atoms with van der Waals surface area (Å²) in [5, 5.41) is 58.8. The first-order valence-corrected chi connectivity index (χ1v) is 9.17. The van der Waals surface area contributed by atoms with Crippen LogP contribution in [0.3, 0.4) is 0 Å². The standard InChI is InChI=1S/C14H26O12Si/c1-4(17)22-11-6(3-16)24-14(10(21)12(11)26-27)25-13-9(20)8(19)7(18)5(2-15)23-13/h5-16,18-21H,2-3H2,1,27H3/t5-,6-,7-,8+,9-,10-,11-,12-,13-,14-/m1/s1. The van der Waals surface area contributed by atoms with Crippen LogP contribution in [0.1, 0.15) is 6.92 Å². The van der Waals surface area contributed by atoms with Crippen LogP contribution in [0.4, 0.5) is 0 Å². The van der Waals surface area contributed by atoms with E-state index in [4.69, 9.17) is 23.4 Å². The second kappa shape index (κ2) is 9.66. The molecule has 10 atom stereocenters. The van der Waals surface area contributed by atoms with Crippen LogP contribution in [0.5, 0.6) is 0 Å². The molecule has 0 bridgehead atoms. The Kier molecular flexibility index (Phi) is 8.08. The molecule has 12 nitrogen and oxygen atoms in total. The Morgan fingerprint density at radius 2 is 1.44 bits per heavy atom. The van der Waals surface area contributed by atoms with Crippen molar-refractivity contribution >= 4 is 16.5 Å². The van der Waals surface area contributed by atoms with Crippen molar-refractivity contribution in [1.82, 2.24) is 0 Å². The summed E-state index contributed by atoms with van der Waals surface area (Å²) in [6.45, 7) is -0.0822. The van der Waals surface area contributed by atoms with Gasteiger partial charge < -0.3 is 54.0 Å². The van der Waals surface area contributed by atoms with Crippen molar-refractivity contribution < 1.29 is 58.8 Å². The highest BCUT2D eigenvalue weighted by Gasteiger charge is 2.51. The van der Waals surface area contributed by atoms with Gasteiger partial charge in [0, 0.05) is 6.92 Å². The first kappa shape index (κ1) is 22.6. The van der Waals surface area contributed by atoms with Crippen LogP contribution in [-0.4, -0.2) is 122 Å². The molecule has 6 N–H and O–H groups in total. The third kappa shape index (κ3) is 4.83. The first-order chi connectivity index (χ1) is 12.7. The highest BCUT2D eigenvalue weighted by molar-refractivity contribution is 5.98. The third-order valence-electron chi connectivity index (χ3n) is 4.49. The summed E-state index contributed by atoms with van der Waals surface area (Å²) in [5.74, 6) is -0.661. The van der Waals surface area contributed by atoms with E-state index in [1.165, 1.54) is 0 Å². The van der Waals surface area contributed by atoms with Gasteiger partial charge in [-0.15, -0.1) is 0 Å². The molecule has 2 fully saturated rings. The number of hydrogen-bond donors (Lipinski definition) is 6. The van der Waals surface area contributed by atoms with E-state index in [0.29, 0.717) is 0 Å². The fourth-order valence-electron chi connectivity index (χ4n) is 3.07. The Labute approximate surface area is 157 Å². The summed E-state index contributed by atoms with van der Waals surface area (Å²) >= 11 is 0. The molecule has 2 saturated heterocycles. The van der Waals surface area contributed by atoms with Gasteiger partial charge >= 0.3 is 5.97 Å². The number of hydrogen-bond acceptors (Lipinski definition) is 12. The summed E-state index contributed by atoms with van der Waals surface area (Å²) in [6.07, 6.45) is -13.9. The number of ether oxygens (including phenoxy) is 4. The number of esters is 1. The smallest absolute Gasteiger partial charge is 0.303 e. The molecule has 2 aliphatic rings. The molecule has 0 aromatic rings. The summed E-state index contributed by atoms with van der Waals surface area (Å²) in [7, 11) is 0.160. The van der Waals surface area contributed by atoms with E-state index in [2.05, 4.69) is 0 Å². The van der Waals surface area contributed by atoms with Gasteiger partial charge in [-0.25, -0.2) is 0 Å². The molecular formula is C14H26O12Si. The van der Waals surface area contributed by atoms with Crippen LogP contribution in [0.2, 0.25) is 0 Å². The van der Waals surface area contributed by atoms with Crippen molar-refractivity contribution in [3.8, 4) is 0 Å². The second-order valence-corrected chi connectivity index (χ2v) is 6.80. The fraction of sp³-hybridized carbons (Fsp3) is 0.929. The van der Waals surface area contributed by atoms with Crippen molar-refractivity contribution in [2.24, 2.45) is 0 Å². The van der Waals surface area contributed by atoms with E-state index < -0.39 is 80.6 Å². The average molecular weight is 414 g/mol. The third-order valence-corrected chi connectivity index (χ3v) is 5.03. The largest absolute Gasteiger partial charge is 0.457 e. The molecule has 0 saturated carbocycles. The Hall–Kier alpha value is -0.713. The highest BCUT2D eigenvalue weighted by Crippen LogP contribution is 2.30. The van der Waals surface area contributed by atoms with E-state index in [0.717, 1.165) is 6.92 Å². The van der Waals surface area contributed by atoms with Crippen LogP contribution >= 0.6 is 0 Å². The zero-order valence-electron chi connectivity index (χ0n) is 14.8. The molecule has 0 unspecified atom stereocenters. The van der Waals surface area contributed by atoms with Gasteiger partial charge in [-0.3, -0.25) is 4.79 Å². The monoisotopic (exact) mass is 414 g/mol. The van der Waals surface area contributed by atoms with Gasteiger partial charge in [-0.1, -0.05) is 0 Å². The fourth-order valence-corrected chi connectivity index (χ4v) is 3.62. The maximum Gasteiger partial charge on any atom is 0.303 e. The number of carbonyl (C=O) groups is 1. The molecule has 0 aromatic heterocycles. The molecule has 0 amide bonds. The second-order valence-electron chi connectivity index (χ2n) is 6.32. The van der Waals surface area contributed by atoms with E-state index >= 15 is 0 Å². The minimum atomic E-state index is -1.70. The van der Waals surface area contributed by atoms with Gasteiger partial charge in [-0.05, 0) is 0 Å². The van der Waals surface area contributed by atoms with E-state index in [1.54, 1.807) is 0 Å². The summed E-state index contributed by atoms with van der Waals surface area (Å²) in [6, 6.07) is 0. The quantitative estimate of drug-likeness (QED) is 0.179. The highest BCUT2D eigenvalue weighted by atomic mass is 28.2. The Bertz CT molecular complexity index is 493. The molecule has 13 heteroatoms. The van der Waals surface area contributed by atoms with Crippen molar-refractivity contribution in [3.63, 3.8) is 0 Å². The van der Waals surface area contributed by atoms with Crippen molar-refractivity contribution in [2.45, 2.75) is 68.3 Å². The van der Waals surface area contributed by atoms with Gasteiger partial charge in [0.15, 0.2) is 18.7 Å². The van der Waals surface area contributed by atoms with Gasteiger partial charge in [0.25, 0.3) is 0 Å². The van der Waals surface area contributed by atoms with Crippen molar-refractivity contribution in [1.29, 1.82) is 0 Å². The van der Waals surface area contributed by atoms with E-state index in [9.17, 15) is 35.4 Å². The average Bonchev–Trinajstić information content (AvgIpc) is 2.63. The molecule has 158 valence electrons. The minimum absolute atomic E-state index is 0.160. The van der Waals surface area contributed by atoms with E-state index in [-0.39, 0.29) is 10.5 Å². The summed E-state index contributed by atoms with van der Waals surface area (Å²) in [5.41, 5.74) is 0. The minimum Gasteiger partial charge on any atom is -0.457 e. The first-order valence-electron chi connectivity index (χ1n) is 8.35. The van der Waals surface area contributed by atoms with E-state index in [1.807, 2.05) is 0 Å². The maximum atomic E-state index is 11.3. The predicted octanol–water partition coefficient (Wildman–Crippen LogP) is -5.52. The lowest BCUT2D eigenvalue weighted by Crippen LogP contribution is -2.64. The lowest BCUT2D eigenvalue weighted by molar-refractivity contribution is -0.375. The summed E-state index contributed by atoms with van der Waals surface area (Å²) in [4.78, 5) is 11.3. The molecule has 2 rings (SSSR count). The molecule has 0 aromatic carbocycles. The molecule has 27 heavy (non-hydrogen) atoms. The topological polar surface area (TPSA) is 185 Å². The van der Waals surface area contributed by atoms with Gasteiger partial charge in [0.1, 0.15) is 53.2 Å². The van der Waals surface area contributed by atoms with Crippen LogP contribution in [0.15, 0.2) is 0 Å². The lowest BCUT2D eigenvalue weighted by atomic mass is 9.98. The maximum absolute atomic E-state index is 11.3. The molecule has 0 spiro atoms. The Balaban J connectivity index is 2.14. The molecule has 2 heterocycles. The Morgan fingerprint density at radius 3 is 1.96 bits per heavy atom. The predicted molar refractivity (Wildman–Crippen MR) is 87.0 cm³/mol. The van der Waals surface area contributed by atoms with Crippen LogP contribution < -0.4 is 0 Å². The molecule has 0 aliphatic carbocycles. The van der Waals surface area contributed by atoms with Gasteiger partial charge in [0.05, 0.1) is 13.2 Å². The zero-order valence-corrected chi connectivity index (χ0v) is 16.8. The number of aliphatic hydroxyl groups excluding tert-OH is 6. The number of carbonyl (C=O) groups excluding carboxylic acids is 1. The molecule has 2 aliphatic heterocycles. The summed E-state index contributed by atoms with van der Waals surface area (Å²) < 4.78 is 26.4. The number of rotatable bonds is 6. The molecule has 0 radical (unpaired) electrons. The normalized spacial score (nSPS) is 45.6. The van der Waals surface area contributed by atoms with Crippen molar-refractivity contribution in [3.05, 3.63) is 0 Å². The number of aliphatic hydroxyl groups is 6. The lowest BCUT2D eigenvalue weighted by Gasteiger charge is -2.46. The molecular weight excluding hydrogens is 388 g/mol. The van der Waals surface area contributed by atoms with Crippen LogP contribution in [0, 0.1) is 0 Å². The van der Waals surface area contributed by atoms with Gasteiger partial charge in [0.2, 0.25) is 0 Å². The zero-order chi connectivity index (χ0) is 20.3. The van der Waals surface area contributed by atoms with Crippen LogP contribution in [-0.2, 0) is 28.2 Å².